The van der Waals surface area contributed by atoms with Crippen LogP contribution in [-0.4, -0.2) is 24.5 Å². The van der Waals surface area contributed by atoms with Crippen LogP contribution >= 0.6 is 17.0 Å². The van der Waals surface area contributed by atoms with Crippen LogP contribution in [0.2, 0.25) is 0 Å². The van der Waals surface area contributed by atoms with Crippen LogP contribution in [0.5, 0.6) is 0 Å². The summed E-state index contributed by atoms with van der Waals surface area (Å²) in [6.07, 6.45) is 7.99. The van der Waals surface area contributed by atoms with Gasteiger partial charge in [0.2, 0.25) is 0 Å². The Labute approximate surface area is 92.0 Å². The Morgan fingerprint density at radius 2 is 1.85 bits per heavy atom. The van der Waals surface area contributed by atoms with Crippen molar-refractivity contribution in [1.82, 2.24) is 4.90 Å². The summed E-state index contributed by atoms with van der Waals surface area (Å²) in [5.41, 5.74) is 0. The van der Waals surface area contributed by atoms with E-state index in [4.69, 9.17) is 0 Å². The van der Waals surface area contributed by atoms with Crippen molar-refractivity contribution in [2.24, 2.45) is 11.8 Å². The molecule has 1 aliphatic carbocycles. The monoisotopic (exact) mass is 245 g/mol. The average Bonchev–Trinajstić information content (AvgIpc) is 2.04. The summed E-state index contributed by atoms with van der Waals surface area (Å²) in [7, 11) is 0. The van der Waals surface area contributed by atoms with Crippen LogP contribution in [0.1, 0.15) is 25.7 Å². The lowest BCUT2D eigenvalue weighted by Crippen LogP contribution is -2.42. The second-order valence-corrected chi connectivity index (χ2v) is 4.41. The lowest BCUT2D eigenvalue weighted by Gasteiger charge is -2.40. The molecule has 2 fully saturated rings. The fraction of sp³-hybridized carbons (Fsp3) is 0.818. The molecule has 2 unspecified atom stereocenters. The van der Waals surface area contributed by atoms with Gasteiger partial charge in [-0.3, -0.25) is 4.90 Å². The molecule has 0 radical (unpaired) electrons. The molecule has 0 N–H and O–H groups in total. The highest BCUT2D eigenvalue weighted by molar-refractivity contribution is 8.93. The van der Waals surface area contributed by atoms with Crippen LogP contribution in [-0.2, 0) is 0 Å². The Kier molecular flexibility index (Phi) is 4.47. The van der Waals surface area contributed by atoms with Crippen molar-refractivity contribution in [2.75, 3.05) is 19.6 Å². The fourth-order valence-corrected chi connectivity index (χ4v) is 2.87. The van der Waals surface area contributed by atoms with Crippen molar-refractivity contribution in [1.29, 1.82) is 0 Å². The lowest BCUT2D eigenvalue weighted by molar-refractivity contribution is 0.0957. The van der Waals surface area contributed by atoms with E-state index < -0.39 is 0 Å². The van der Waals surface area contributed by atoms with Crippen LogP contribution in [0.4, 0.5) is 0 Å². The zero-order chi connectivity index (χ0) is 8.39. The van der Waals surface area contributed by atoms with Crippen molar-refractivity contribution in [3.8, 4) is 0 Å². The topological polar surface area (TPSA) is 3.24 Å². The molecule has 1 heterocycles. The molecule has 2 aliphatic rings. The Hall–Kier alpha value is 0.180. The minimum atomic E-state index is 0. The van der Waals surface area contributed by atoms with Gasteiger partial charge in [0.25, 0.3) is 0 Å². The van der Waals surface area contributed by atoms with E-state index in [1.165, 1.54) is 38.8 Å². The normalized spacial score (nSPS) is 33.5. The molecular weight excluding hydrogens is 226 g/mol. The molecule has 0 spiro atoms. The van der Waals surface area contributed by atoms with E-state index >= 15 is 0 Å². The maximum Gasteiger partial charge on any atom is 0.0160 e. The van der Waals surface area contributed by atoms with E-state index in [2.05, 4.69) is 11.5 Å². The molecule has 0 amide bonds. The molecule has 1 nitrogen and oxygen atoms in total. The van der Waals surface area contributed by atoms with E-state index in [0.717, 1.165) is 18.4 Å². The van der Waals surface area contributed by atoms with Gasteiger partial charge < -0.3 is 0 Å². The van der Waals surface area contributed by atoms with Gasteiger partial charge in [-0.2, -0.15) is 0 Å². The summed E-state index contributed by atoms with van der Waals surface area (Å²) in [5, 5.41) is 0. The number of halogens is 1. The van der Waals surface area contributed by atoms with Crippen LogP contribution in [0.25, 0.3) is 0 Å². The molecule has 76 valence electrons. The van der Waals surface area contributed by atoms with Gasteiger partial charge in [-0.1, -0.05) is 12.5 Å². The second-order valence-electron chi connectivity index (χ2n) is 4.41. The zero-order valence-corrected chi connectivity index (χ0v) is 9.96. The van der Waals surface area contributed by atoms with E-state index in [-0.39, 0.29) is 17.0 Å². The van der Waals surface area contributed by atoms with Gasteiger partial charge in [-0.15, -0.1) is 23.6 Å². The van der Waals surface area contributed by atoms with E-state index in [0.29, 0.717) is 0 Å². The number of likely N-dealkylation sites (tertiary alicyclic amines) is 1. The summed E-state index contributed by atoms with van der Waals surface area (Å²) < 4.78 is 0. The molecule has 0 aromatic rings. The largest absolute Gasteiger partial charge is 0.299 e. The molecule has 1 aliphatic heterocycles. The highest BCUT2D eigenvalue weighted by atomic mass is 79.9. The van der Waals surface area contributed by atoms with Crippen LogP contribution in [0, 0.1) is 11.8 Å². The molecule has 2 atom stereocenters. The van der Waals surface area contributed by atoms with Crippen molar-refractivity contribution >= 4 is 17.0 Å². The maximum atomic E-state index is 3.81. The first kappa shape index (κ1) is 11.3. The van der Waals surface area contributed by atoms with Crippen molar-refractivity contribution in [2.45, 2.75) is 25.7 Å². The molecule has 2 bridgehead atoms. The Balaban J connectivity index is 0.000000845. The first-order chi connectivity index (χ1) is 5.88. The fourth-order valence-electron chi connectivity index (χ4n) is 2.87. The Morgan fingerprint density at radius 1 is 1.23 bits per heavy atom. The van der Waals surface area contributed by atoms with Crippen LogP contribution in [0.3, 0.4) is 0 Å². The van der Waals surface area contributed by atoms with Crippen molar-refractivity contribution in [3.63, 3.8) is 0 Å². The second kappa shape index (κ2) is 5.16. The van der Waals surface area contributed by atoms with E-state index in [9.17, 15) is 0 Å². The highest BCUT2D eigenvalue weighted by Gasteiger charge is 2.29. The van der Waals surface area contributed by atoms with Crippen LogP contribution < -0.4 is 0 Å². The number of hydrogen-bond acceptors (Lipinski definition) is 1. The highest BCUT2D eigenvalue weighted by Crippen LogP contribution is 2.33. The standard InChI is InChI=1S/C11H19N.BrH/c1-2-6-12-8-10-4-3-5-11(7-10)9-12;/h2,10-11H,1,3-9H2;1H. The molecule has 2 heteroatoms. The average molecular weight is 246 g/mol. The van der Waals surface area contributed by atoms with E-state index in [1.54, 1.807) is 0 Å². The maximum absolute atomic E-state index is 3.81. The van der Waals surface area contributed by atoms with Gasteiger partial charge >= 0.3 is 0 Å². The predicted octanol–water partition coefficient (Wildman–Crippen LogP) is 2.87. The number of fused-ring (bicyclic) bond motifs is 2. The summed E-state index contributed by atoms with van der Waals surface area (Å²) in [5.74, 6) is 2.02. The summed E-state index contributed by atoms with van der Waals surface area (Å²) in [6.45, 7) is 7.58. The number of rotatable bonds is 2. The molecule has 13 heavy (non-hydrogen) atoms. The molecule has 0 aromatic heterocycles. The summed E-state index contributed by atoms with van der Waals surface area (Å²) in [4.78, 5) is 2.57. The molecule has 0 aromatic carbocycles. The lowest BCUT2D eigenvalue weighted by atomic mass is 9.78. The molecular formula is C11H20BrN. The minimum Gasteiger partial charge on any atom is -0.299 e. The smallest absolute Gasteiger partial charge is 0.0160 e. The van der Waals surface area contributed by atoms with Gasteiger partial charge in [0.05, 0.1) is 0 Å². The molecule has 1 saturated carbocycles. The van der Waals surface area contributed by atoms with Gasteiger partial charge in [0, 0.05) is 19.6 Å². The third-order valence-corrected chi connectivity index (χ3v) is 3.31. The first-order valence-corrected chi connectivity index (χ1v) is 5.21. The zero-order valence-electron chi connectivity index (χ0n) is 8.24. The first-order valence-electron chi connectivity index (χ1n) is 5.21. The molecule has 2 rings (SSSR count). The summed E-state index contributed by atoms with van der Waals surface area (Å²) >= 11 is 0. The number of piperidine rings is 1. The minimum absolute atomic E-state index is 0. The SMILES string of the molecule is Br.C=CCN1CC2CCCC(C2)C1. The Bertz CT molecular complexity index is 157. The number of nitrogens with zero attached hydrogens (tertiary/aromatic N) is 1. The van der Waals surface area contributed by atoms with Crippen molar-refractivity contribution in [3.05, 3.63) is 12.7 Å². The van der Waals surface area contributed by atoms with Crippen LogP contribution in [0.15, 0.2) is 12.7 Å². The van der Waals surface area contributed by atoms with Gasteiger partial charge in [-0.25, -0.2) is 0 Å². The van der Waals surface area contributed by atoms with Gasteiger partial charge in [0.15, 0.2) is 0 Å². The van der Waals surface area contributed by atoms with E-state index in [1.807, 2.05) is 6.08 Å². The molecule has 1 saturated heterocycles. The Morgan fingerprint density at radius 3 is 2.38 bits per heavy atom. The predicted molar refractivity (Wildman–Crippen MR) is 62.4 cm³/mol. The van der Waals surface area contributed by atoms with Crippen molar-refractivity contribution < 1.29 is 0 Å². The number of hydrogen-bond donors (Lipinski definition) is 0. The third-order valence-electron chi connectivity index (χ3n) is 3.31. The summed E-state index contributed by atoms with van der Waals surface area (Å²) in [6, 6.07) is 0. The third kappa shape index (κ3) is 2.81. The van der Waals surface area contributed by atoms with Gasteiger partial charge in [-0.05, 0) is 31.1 Å². The quantitative estimate of drug-likeness (QED) is 0.677. The van der Waals surface area contributed by atoms with Gasteiger partial charge in [0.1, 0.15) is 0 Å².